The zero-order valence-corrected chi connectivity index (χ0v) is 15.2. The molecule has 0 amide bonds. The number of rotatable bonds is 14. The highest BCUT2D eigenvalue weighted by Crippen LogP contribution is 2.19. The van der Waals surface area contributed by atoms with Gasteiger partial charge in [0.2, 0.25) is 0 Å². The quantitative estimate of drug-likeness (QED) is 0.370. The van der Waals surface area contributed by atoms with E-state index < -0.39 is 0 Å². The van der Waals surface area contributed by atoms with Crippen LogP contribution in [0.25, 0.3) is 0 Å². The highest BCUT2D eigenvalue weighted by atomic mass is 16.3. The van der Waals surface area contributed by atoms with Gasteiger partial charge in [0.05, 0.1) is 24.9 Å². The van der Waals surface area contributed by atoms with E-state index in [-0.39, 0.29) is 30.9 Å². The van der Waals surface area contributed by atoms with Crippen molar-refractivity contribution in [2.45, 2.75) is 109 Å². The van der Waals surface area contributed by atoms with Crippen molar-refractivity contribution >= 4 is 0 Å². The monoisotopic (exact) mass is 329 g/mol. The maximum Gasteiger partial charge on any atom is 0.0868 e. The van der Waals surface area contributed by atoms with Gasteiger partial charge in [0, 0.05) is 6.04 Å². The van der Waals surface area contributed by atoms with Crippen molar-refractivity contribution in [2.24, 2.45) is 5.92 Å². The molecule has 0 aromatic rings. The lowest BCUT2D eigenvalue weighted by atomic mass is 9.89. The van der Waals surface area contributed by atoms with E-state index in [0.29, 0.717) is 5.92 Å². The zero-order valence-electron chi connectivity index (χ0n) is 15.2. The van der Waals surface area contributed by atoms with Gasteiger partial charge >= 0.3 is 0 Å². The van der Waals surface area contributed by atoms with Gasteiger partial charge in [-0.25, -0.2) is 0 Å². The van der Waals surface area contributed by atoms with Gasteiger partial charge in [0.25, 0.3) is 0 Å². The van der Waals surface area contributed by atoms with Crippen molar-refractivity contribution in [1.29, 1.82) is 0 Å². The summed E-state index contributed by atoms with van der Waals surface area (Å²) in [5, 5.41) is 31.8. The summed E-state index contributed by atoms with van der Waals surface area (Å²) in [5.41, 5.74) is 0. The lowest BCUT2D eigenvalue weighted by Gasteiger charge is -2.42. The van der Waals surface area contributed by atoms with E-state index in [4.69, 9.17) is 5.11 Å². The van der Waals surface area contributed by atoms with Crippen molar-refractivity contribution in [2.75, 3.05) is 6.61 Å². The number of aliphatic hydroxyl groups excluding tert-OH is 3. The SMILES string of the molecule is CCC(C)CC(O)CCCCCCCCC[C@@H]1N[C@@H](CO)[C@@H]1O. The molecule has 5 atom stereocenters. The van der Waals surface area contributed by atoms with Crippen LogP contribution in [-0.4, -0.2) is 46.2 Å². The topological polar surface area (TPSA) is 72.7 Å². The van der Waals surface area contributed by atoms with E-state index in [2.05, 4.69) is 19.2 Å². The first kappa shape index (κ1) is 20.9. The third-order valence-electron chi connectivity index (χ3n) is 5.37. The van der Waals surface area contributed by atoms with E-state index >= 15 is 0 Å². The minimum absolute atomic E-state index is 0.0315. The van der Waals surface area contributed by atoms with Crippen molar-refractivity contribution in [1.82, 2.24) is 5.32 Å². The fourth-order valence-electron chi connectivity index (χ4n) is 3.43. The lowest BCUT2D eigenvalue weighted by Crippen LogP contribution is -2.66. The Bertz CT molecular complexity index is 288. The largest absolute Gasteiger partial charge is 0.395 e. The molecule has 0 saturated carbocycles. The molecule has 1 saturated heterocycles. The summed E-state index contributed by atoms with van der Waals surface area (Å²) in [6.45, 7) is 4.43. The van der Waals surface area contributed by atoms with Gasteiger partial charge in [0.1, 0.15) is 0 Å². The summed E-state index contributed by atoms with van der Waals surface area (Å²) in [6.07, 6.45) is 12.2. The van der Waals surface area contributed by atoms with Crippen LogP contribution in [0, 0.1) is 5.92 Å². The van der Waals surface area contributed by atoms with E-state index in [1.807, 2.05) is 0 Å². The minimum atomic E-state index is -0.359. The van der Waals surface area contributed by atoms with Crippen LogP contribution in [0.15, 0.2) is 0 Å². The summed E-state index contributed by atoms with van der Waals surface area (Å²) < 4.78 is 0. The molecule has 0 radical (unpaired) electrons. The number of hydrogen-bond acceptors (Lipinski definition) is 4. The molecule has 0 spiro atoms. The van der Waals surface area contributed by atoms with Crippen LogP contribution < -0.4 is 5.32 Å². The van der Waals surface area contributed by atoms with Crippen molar-refractivity contribution in [3.63, 3.8) is 0 Å². The molecule has 4 N–H and O–H groups in total. The van der Waals surface area contributed by atoms with Gasteiger partial charge in [0.15, 0.2) is 0 Å². The standard InChI is InChI=1S/C19H39NO3/c1-3-15(2)13-16(22)11-9-7-5-4-6-8-10-12-17-19(23)18(14-21)20-17/h15-23H,3-14H2,1-2H3/t15?,16?,17-,18-,19+/m0/s1. The zero-order chi connectivity index (χ0) is 17.1. The van der Waals surface area contributed by atoms with Gasteiger partial charge in [-0.15, -0.1) is 0 Å². The van der Waals surface area contributed by atoms with Gasteiger partial charge in [-0.1, -0.05) is 65.2 Å². The molecule has 1 aliphatic heterocycles. The molecule has 1 rings (SSSR count). The second kappa shape index (κ2) is 12.2. The summed E-state index contributed by atoms with van der Waals surface area (Å²) in [6, 6.07) is 0.0924. The third-order valence-corrected chi connectivity index (χ3v) is 5.37. The Morgan fingerprint density at radius 1 is 0.957 bits per heavy atom. The first-order chi connectivity index (χ1) is 11.1. The first-order valence-electron chi connectivity index (χ1n) is 9.81. The number of aliphatic hydroxyl groups is 3. The molecule has 138 valence electrons. The maximum absolute atomic E-state index is 9.92. The molecule has 1 aliphatic rings. The fourth-order valence-corrected chi connectivity index (χ4v) is 3.43. The Labute approximate surface area is 142 Å². The van der Waals surface area contributed by atoms with Gasteiger partial charge in [-0.3, -0.25) is 0 Å². The van der Waals surface area contributed by atoms with Crippen LogP contribution in [0.5, 0.6) is 0 Å². The highest BCUT2D eigenvalue weighted by Gasteiger charge is 2.37. The molecule has 0 bridgehead atoms. The number of nitrogens with one attached hydrogen (secondary N) is 1. The second-order valence-electron chi connectivity index (χ2n) is 7.51. The smallest absolute Gasteiger partial charge is 0.0868 e. The van der Waals surface area contributed by atoms with Gasteiger partial charge in [-0.2, -0.15) is 0 Å². The maximum atomic E-state index is 9.92. The average Bonchev–Trinajstić information content (AvgIpc) is 2.54. The summed E-state index contributed by atoms with van der Waals surface area (Å²) in [7, 11) is 0. The molecule has 4 heteroatoms. The molecule has 0 aliphatic carbocycles. The van der Waals surface area contributed by atoms with Crippen LogP contribution in [0.4, 0.5) is 0 Å². The minimum Gasteiger partial charge on any atom is -0.395 e. The van der Waals surface area contributed by atoms with E-state index in [9.17, 15) is 10.2 Å². The number of hydrogen-bond donors (Lipinski definition) is 4. The van der Waals surface area contributed by atoms with E-state index in [0.717, 1.165) is 38.5 Å². The average molecular weight is 330 g/mol. The second-order valence-corrected chi connectivity index (χ2v) is 7.51. The third kappa shape index (κ3) is 8.48. The predicted molar refractivity (Wildman–Crippen MR) is 95.4 cm³/mol. The molecule has 1 heterocycles. The van der Waals surface area contributed by atoms with Crippen molar-refractivity contribution < 1.29 is 15.3 Å². The Balaban J connectivity index is 1.82. The van der Waals surface area contributed by atoms with Crippen LogP contribution in [-0.2, 0) is 0 Å². The van der Waals surface area contributed by atoms with Crippen LogP contribution in [0.2, 0.25) is 0 Å². The fraction of sp³-hybridized carbons (Fsp3) is 1.00. The molecule has 1 fully saturated rings. The molecule has 0 aromatic carbocycles. The first-order valence-corrected chi connectivity index (χ1v) is 9.81. The summed E-state index contributed by atoms with van der Waals surface area (Å²) >= 11 is 0. The molecule has 0 aromatic heterocycles. The predicted octanol–water partition coefficient (Wildman–Crippen LogP) is 2.99. The molecular weight excluding hydrogens is 290 g/mol. The molecule has 2 unspecified atom stereocenters. The molecule has 23 heavy (non-hydrogen) atoms. The molecule has 4 nitrogen and oxygen atoms in total. The Morgan fingerprint density at radius 2 is 1.57 bits per heavy atom. The summed E-state index contributed by atoms with van der Waals surface area (Å²) in [4.78, 5) is 0. The van der Waals surface area contributed by atoms with Crippen molar-refractivity contribution in [3.05, 3.63) is 0 Å². The van der Waals surface area contributed by atoms with E-state index in [1.165, 1.54) is 32.1 Å². The normalized spacial score (nSPS) is 26.7. The Kier molecular flexibility index (Phi) is 11.1. The molecular formula is C19H39NO3. The Morgan fingerprint density at radius 3 is 2.13 bits per heavy atom. The van der Waals surface area contributed by atoms with Gasteiger partial charge < -0.3 is 20.6 Å². The van der Waals surface area contributed by atoms with Crippen LogP contribution >= 0.6 is 0 Å². The Hall–Kier alpha value is -0.160. The lowest BCUT2D eigenvalue weighted by molar-refractivity contribution is -0.0192. The number of unbranched alkanes of at least 4 members (excludes halogenated alkanes) is 6. The van der Waals surface area contributed by atoms with E-state index in [1.54, 1.807) is 0 Å². The van der Waals surface area contributed by atoms with Crippen LogP contribution in [0.1, 0.15) is 84.5 Å². The van der Waals surface area contributed by atoms with Gasteiger partial charge in [-0.05, 0) is 25.2 Å². The van der Waals surface area contributed by atoms with Crippen LogP contribution in [0.3, 0.4) is 0 Å². The van der Waals surface area contributed by atoms with Crippen molar-refractivity contribution in [3.8, 4) is 0 Å². The highest BCUT2D eigenvalue weighted by molar-refractivity contribution is 4.97. The summed E-state index contributed by atoms with van der Waals surface area (Å²) in [5.74, 6) is 0.640.